The van der Waals surface area contributed by atoms with Crippen LogP contribution in [0.25, 0.3) is 0 Å². The lowest BCUT2D eigenvalue weighted by Crippen LogP contribution is -2.45. The highest BCUT2D eigenvalue weighted by atomic mass is 35.5. The van der Waals surface area contributed by atoms with E-state index in [1.54, 1.807) is 4.90 Å². The van der Waals surface area contributed by atoms with Gasteiger partial charge in [0.2, 0.25) is 5.91 Å². The maximum atomic E-state index is 13.0. The molecule has 24 heavy (non-hydrogen) atoms. The van der Waals surface area contributed by atoms with Gasteiger partial charge in [0.1, 0.15) is 5.38 Å². The number of halogens is 1. The van der Waals surface area contributed by atoms with Crippen molar-refractivity contribution < 1.29 is 14.3 Å². The molecule has 0 aromatic heterocycles. The summed E-state index contributed by atoms with van der Waals surface area (Å²) in [6.07, 6.45) is 2.82. The molecule has 0 spiro atoms. The minimum Gasteiger partial charge on any atom is -0.351 e. The number of hydrogen-bond acceptors (Lipinski definition) is 3. The zero-order valence-corrected chi connectivity index (χ0v) is 15.6. The minimum atomic E-state index is -0.539. The minimum absolute atomic E-state index is 0.0764. The van der Waals surface area contributed by atoms with Gasteiger partial charge in [0, 0.05) is 0 Å². The molecule has 1 aromatic rings. The van der Waals surface area contributed by atoms with E-state index in [4.69, 9.17) is 21.1 Å². The Kier molecular flexibility index (Phi) is 7.53. The predicted molar refractivity (Wildman–Crippen MR) is 97.8 cm³/mol. The van der Waals surface area contributed by atoms with Crippen LogP contribution < -0.4 is 4.90 Å². The van der Waals surface area contributed by atoms with Gasteiger partial charge in [-0.2, -0.15) is 0 Å². The molecule has 0 radical (unpaired) electrons. The van der Waals surface area contributed by atoms with Gasteiger partial charge in [-0.05, 0) is 36.8 Å². The molecule has 1 aliphatic heterocycles. The Balaban J connectivity index is 2.39. The van der Waals surface area contributed by atoms with Gasteiger partial charge >= 0.3 is 0 Å². The quantitative estimate of drug-likeness (QED) is 0.697. The number of anilines is 1. The molecule has 0 aliphatic carbocycles. The van der Waals surface area contributed by atoms with E-state index in [0.29, 0.717) is 26.2 Å². The van der Waals surface area contributed by atoms with Crippen LogP contribution in [0.1, 0.15) is 44.7 Å². The molecule has 0 saturated carbocycles. The summed E-state index contributed by atoms with van der Waals surface area (Å²) < 4.78 is 11.4. The van der Waals surface area contributed by atoms with E-state index in [9.17, 15) is 4.79 Å². The van der Waals surface area contributed by atoms with Crippen LogP contribution >= 0.6 is 11.6 Å². The number of para-hydroxylation sites is 1. The summed E-state index contributed by atoms with van der Waals surface area (Å²) in [7, 11) is 0. The number of hydrogen-bond donors (Lipinski definition) is 0. The molecule has 1 aliphatic rings. The number of carbonyl (C=O) groups is 1. The average Bonchev–Trinajstić information content (AvgIpc) is 2.65. The lowest BCUT2D eigenvalue weighted by Gasteiger charge is -2.33. The number of carbonyl (C=O) groups excluding carboxylic acids is 1. The monoisotopic (exact) mass is 353 g/mol. The van der Waals surface area contributed by atoms with Crippen LogP contribution in [0.4, 0.5) is 5.69 Å². The first-order chi connectivity index (χ1) is 11.6. The second-order valence-corrected chi connectivity index (χ2v) is 6.51. The van der Waals surface area contributed by atoms with Gasteiger partial charge in [-0.25, -0.2) is 0 Å². The number of ether oxygens (including phenoxy) is 2. The predicted octanol–water partition coefficient (Wildman–Crippen LogP) is 3.92. The normalized spacial score (nSPS) is 16.8. The first-order valence-corrected chi connectivity index (χ1v) is 9.35. The Morgan fingerprint density at radius 3 is 2.29 bits per heavy atom. The van der Waals surface area contributed by atoms with Crippen molar-refractivity contribution in [3.05, 3.63) is 29.3 Å². The molecular formula is C19H28ClNO3. The fraction of sp³-hybridized carbons (Fsp3) is 0.632. The summed E-state index contributed by atoms with van der Waals surface area (Å²) in [5.74, 6) is -0.0764. The van der Waals surface area contributed by atoms with E-state index >= 15 is 0 Å². The zero-order chi connectivity index (χ0) is 17.5. The third-order valence-electron chi connectivity index (χ3n) is 4.36. The number of benzene rings is 1. The van der Waals surface area contributed by atoms with Crippen LogP contribution in [0.5, 0.6) is 0 Å². The summed E-state index contributed by atoms with van der Waals surface area (Å²) in [5.41, 5.74) is 3.28. The molecule has 4 nitrogen and oxygen atoms in total. The molecule has 1 atom stereocenters. The molecule has 0 bridgehead atoms. The number of aryl methyl sites for hydroxylation is 2. The standard InChI is InChI=1S/C19H28ClNO3/c1-4-14-9-7-10-15(5-2)18(14)21(19(22)16(20)6-3)13-17-23-11-8-12-24-17/h7,9-10,16-17H,4-6,8,11-13H2,1-3H3. The van der Waals surface area contributed by atoms with Gasteiger partial charge in [-0.3, -0.25) is 4.79 Å². The van der Waals surface area contributed by atoms with Crippen molar-refractivity contribution in [2.24, 2.45) is 0 Å². The first kappa shape index (κ1) is 19.2. The van der Waals surface area contributed by atoms with Gasteiger partial charge < -0.3 is 14.4 Å². The van der Waals surface area contributed by atoms with Gasteiger partial charge in [-0.1, -0.05) is 39.0 Å². The first-order valence-electron chi connectivity index (χ1n) is 8.91. The fourth-order valence-electron chi connectivity index (χ4n) is 2.99. The highest BCUT2D eigenvalue weighted by Gasteiger charge is 2.29. The third-order valence-corrected chi connectivity index (χ3v) is 4.85. The molecule has 1 saturated heterocycles. The van der Waals surface area contributed by atoms with Crippen molar-refractivity contribution in [3.8, 4) is 0 Å². The van der Waals surface area contributed by atoms with Crippen molar-refractivity contribution in [3.63, 3.8) is 0 Å². The average molecular weight is 354 g/mol. The topological polar surface area (TPSA) is 38.8 Å². The highest BCUT2D eigenvalue weighted by molar-refractivity contribution is 6.32. The second kappa shape index (κ2) is 9.40. The SMILES string of the molecule is CCc1cccc(CC)c1N(CC1OCCCO1)C(=O)C(Cl)CC. The molecule has 1 unspecified atom stereocenters. The summed E-state index contributed by atoms with van der Waals surface area (Å²) >= 11 is 6.30. The molecule has 134 valence electrons. The van der Waals surface area contributed by atoms with E-state index in [0.717, 1.165) is 36.1 Å². The van der Waals surface area contributed by atoms with Crippen LogP contribution in [0, 0.1) is 0 Å². The maximum absolute atomic E-state index is 13.0. The lowest BCUT2D eigenvalue weighted by atomic mass is 10.0. The van der Waals surface area contributed by atoms with Crippen molar-refractivity contribution in [1.29, 1.82) is 0 Å². The molecule has 1 aromatic carbocycles. The van der Waals surface area contributed by atoms with Gasteiger partial charge in [0.25, 0.3) is 0 Å². The van der Waals surface area contributed by atoms with E-state index in [1.807, 2.05) is 6.92 Å². The van der Waals surface area contributed by atoms with Crippen molar-refractivity contribution >= 4 is 23.2 Å². The molecule has 5 heteroatoms. The number of amides is 1. The van der Waals surface area contributed by atoms with E-state index in [2.05, 4.69) is 32.0 Å². The molecular weight excluding hydrogens is 326 g/mol. The van der Waals surface area contributed by atoms with Gasteiger partial charge in [-0.15, -0.1) is 11.6 Å². The van der Waals surface area contributed by atoms with Crippen LogP contribution in [0.3, 0.4) is 0 Å². The lowest BCUT2D eigenvalue weighted by molar-refractivity contribution is -0.173. The molecule has 1 fully saturated rings. The molecule has 1 heterocycles. The number of alkyl halides is 1. The maximum Gasteiger partial charge on any atom is 0.245 e. The Morgan fingerprint density at radius 2 is 1.79 bits per heavy atom. The summed E-state index contributed by atoms with van der Waals surface area (Å²) in [6, 6.07) is 6.20. The molecule has 2 rings (SSSR count). The third kappa shape index (κ3) is 4.50. The van der Waals surface area contributed by atoms with E-state index in [1.165, 1.54) is 0 Å². The number of rotatable bonds is 7. The number of nitrogens with zero attached hydrogens (tertiary/aromatic N) is 1. The van der Waals surface area contributed by atoms with Gasteiger partial charge in [0.15, 0.2) is 6.29 Å². The van der Waals surface area contributed by atoms with Gasteiger partial charge in [0.05, 0.1) is 25.4 Å². The molecule has 1 amide bonds. The smallest absolute Gasteiger partial charge is 0.245 e. The Hall–Kier alpha value is -1.10. The Labute approximate surface area is 150 Å². The van der Waals surface area contributed by atoms with Crippen LogP contribution in [0.15, 0.2) is 18.2 Å². The van der Waals surface area contributed by atoms with Crippen LogP contribution in [-0.2, 0) is 27.1 Å². The summed E-state index contributed by atoms with van der Waals surface area (Å²) in [6.45, 7) is 7.85. The highest BCUT2D eigenvalue weighted by Crippen LogP contribution is 2.29. The summed E-state index contributed by atoms with van der Waals surface area (Å²) in [4.78, 5) is 14.8. The Bertz CT molecular complexity index is 521. The Morgan fingerprint density at radius 1 is 1.21 bits per heavy atom. The van der Waals surface area contributed by atoms with Crippen molar-refractivity contribution in [1.82, 2.24) is 0 Å². The van der Waals surface area contributed by atoms with Crippen molar-refractivity contribution in [2.45, 2.75) is 58.1 Å². The van der Waals surface area contributed by atoms with Crippen LogP contribution in [0.2, 0.25) is 0 Å². The zero-order valence-electron chi connectivity index (χ0n) is 14.9. The second-order valence-electron chi connectivity index (χ2n) is 5.98. The van der Waals surface area contributed by atoms with E-state index < -0.39 is 11.7 Å². The largest absolute Gasteiger partial charge is 0.351 e. The van der Waals surface area contributed by atoms with Crippen LogP contribution in [-0.4, -0.2) is 37.3 Å². The summed E-state index contributed by atoms with van der Waals surface area (Å²) in [5, 5.41) is -0.539. The van der Waals surface area contributed by atoms with Crippen molar-refractivity contribution in [2.75, 3.05) is 24.7 Å². The molecule has 0 N–H and O–H groups in total. The fourth-order valence-corrected chi connectivity index (χ4v) is 3.11. The van der Waals surface area contributed by atoms with E-state index in [-0.39, 0.29) is 5.91 Å².